The zero-order valence-corrected chi connectivity index (χ0v) is 12.9. The van der Waals surface area contributed by atoms with Crippen LogP contribution in [0.5, 0.6) is 0 Å². The molecule has 1 N–H and O–H groups in total. The Morgan fingerprint density at radius 1 is 1.45 bits per heavy atom. The first-order valence-electron chi connectivity index (χ1n) is 7.35. The fourth-order valence-corrected chi connectivity index (χ4v) is 2.91. The molecule has 1 aliphatic rings. The van der Waals surface area contributed by atoms with Crippen molar-refractivity contribution in [3.05, 3.63) is 34.6 Å². The maximum atomic E-state index is 13.1. The molecule has 0 radical (unpaired) electrons. The molecule has 0 amide bonds. The van der Waals surface area contributed by atoms with Crippen LogP contribution in [0.15, 0.2) is 18.2 Å². The summed E-state index contributed by atoms with van der Waals surface area (Å²) in [6.07, 6.45) is 4.53. The Bertz CT molecular complexity index is 436. The molecule has 1 aliphatic carbocycles. The van der Waals surface area contributed by atoms with Gasteiger partial charge in [-0.2, -0.15) is 0 Å². The van der Waals surface area contributed by atoms with Gasteiger partial charge >= 0.3 is 0 Å². The molecule has 0 saturated heterocycles. The van der Waals surface area contributed by atoms with Crippen LogP contribution in [0.3, 0.4) is 0 Å². The fraction of sp³-hybridized carbons (Fsp3) is 0.625. The van der Waals surface area contributed by atoms with E-state index in [0.29, 0.717) is 10.9 Å². The molecule has 2 atom stereocenters. The van der Waals surface area contributed by atoms with E-state index >= 15 is 0 Å². The van der Waals surface area contributed by atoms with Crippen molar-refractivity contribution in [2.75, 3.05) is 13.7 Å². The van der Waals surface area contributed by atoms with Gasteiger partial charge in [0.1, 0.15) is 5.82 Å². The van der Waals surface area contributed by atoms with E-state index in [1.54, 1.807) is 13.2 Å². The predicted octanol–water partition coefficient (Wildman–Crippen LogP) is 3.81. The van der Waals surface area contributed by atoms with E-state index in [4.69, 9.17) is 16.3 Å². The molecule has 2 rings (SSSR count). The lowest BCUT2D eigenvalue weighted by Gasteiger charge is -2.27. The van der Waals surface area contributed by atoms with Crippen LogP contribution < -0.4 is 5.32 Å². The molecule has 0 bridgehead atoms. The summed E-state index contributed by atoms with van der Waals surface area (Å²) in [5.74, 6) is 0.357. The van der Waals surface area contributed by atoms with Crippen LogP contribution in [0.2, 0.25) is 5.02 Å². The molecule has 0 spiro atoms. The topological polar surface area (TPSA) is 21.3 Å². The summed E-state index contributed by atoms with van der Waals surface area (Å²) in [7, 11) is 1.77. The molecule has 0 heterocycles. The second kappa shape index (κ2) is 7.39. The summed E-state index contributed by atoms with van der Waals surface area (Å²) in [5, 5.41) is 4.05. The molecule has 1 aromatic carbocycles. The Morgan fingerprint density at radius 3 is 2.75 bits per heavy atom. The SMILES string of the molecule is CCCNC(Cc1ccc(F)cc1Cl)C(OC)C1CC1. The number of nitrogens with one attached hydrogen (secondary N) is 1. The number of hydrogen-bond acceptors (Lipinski definition) is 2. The molecule has 1 fully saturated rings. The fourth-order valence-electron chi connectivity index (χ4n) is 2.67. The standard InChI is InChI=1S/C16H23ClFNO/c1-3-8-19-15(16(20-2)11-4-5-11)9-12-6-7-13(18)10-14(12)17/h6-7,10-11,15-16,19H,3-5,8-9H2,1-2H3. The van der Waals surface area contributed by atoms with E-state index in [0.717, 1.165) is 24.9 Å². The lowest BCUT2D eigenvalue weighted by molar-refractivity contribution is 0.0511. The van der Waals surface area contributed by atoms with Gasteiger partial charge in [-0.3, -0.25) is 0 Å². The molecule has 0 aliphatic heterocycles. The average molecular weight is 300 g/mol. The lowest BCUT2D eigenvalue weighted by atomic mass is 9.98. The Morgan fingerprint density at radius 2 is 2.20 bits per heavy atom. The molecule has 112 valence electrons. The van der Waals surface area contributed by atoms with Crippen LogP contribution in [0.25, 0.3) is 0 Å². The van der Waals surface area contributed by atoms with Gasteiger partial charge in [0.25, 0.3) is 0 Å². The van der Waals surface area contributed by atoms with Crippen LogP contribution in [-0.4, -0.2) is 25.8 Å². The zero-order valence-electron chi connectivity index (χ0n) is 12.2. The van der Waals surface area contributed by atoms with E-state index in [-0.39, 0.29) is 18.0 Å². The van der Waals surface area contributed by atoms with Gasteiger partial charge in [0.15, 0.2) is 0 Å². The van der Waals surface area contributed by atoms with Gasteiger partial charge in [-0.1, -0.05) is 24.6 Å². The first kappa shape index (κ1) is 15.7. The van der Waals surface area contributed by atoms with E-state index in [1.807, 2.05) is 0 Å². The summed E-state index contributed by atoms with van der Waals surface area (Å²) >= 11 is 6.14. The second-order valence-electron chi connectivity index (χ2n) is 5.54. The van der Waals surface area contributed by atoms with Crippen molar-refractivity contribution in [2.45, 2.75) is 44.8 Å². The number of rotatable bonds is 8. The smallest absolute Gasteiger partial charge is 0.124 e. The Balaban J connectivity index is 2.09. The highest BCUT2D eigenvalue weighted by atomic mass is 35.5. The number of ether oxygens (including phenoxy) is 1. The van der Waals surface area contributed by atoms with Gasteiger partial charge in [0, 0.05) is 18.2 Å². The summed E-state index contributed by atoms with van der Waals surface area (Å²) in [6.45, 7) is 3.10. The van der Waals surface area contributed by atoms with Gasteiger partial charge in [0.2, 0.25) is 0 Å². The number of methoxy groups -OCH3 is 1. The summed E-state index contributed by atoms with van der Waals surface area (Å²) in [6, 6.07) is 4.86. The van der Waals surface area contributed by atoms with E-state index in [9.17, 15) is 4.39 Å². The van der Waals surface area contributed by atoms with Crippen LogP contribution in [0.1, 0.15) is 31.7 Å². The zero-order chi connectivity index (χ0) is 14.5. The Labute approximate surface area is 125 Å². The molecule has 20 heavy (non-hydrogen) atoms. The highest BCUT2D eigenvalue weighted by molar-refractivity contribution is 6.31. The third-order valence-corrected chi connectivity index (χ3v) is 4.22. The Hall–Kier alpha value is -0.640. The first-order chi connectivity index (χ1) is 9.65. The maximum absolute atomic E-state index is 13.1. The van der Waals surface area contributed by atoms with E-state index < -0.39 is 0 Å². The number of hydrogen-bond donors (Lipinski definition) is 1. The summed E-state index contributed by atoms with van der Waals surface area (Å²) < 4.78 is 18.8. The molecule has 2 unspecified atom stereocenters. The van der Waals surface area contributed by atoms with Crippen molar-refractivity contribution in [1.29, 1.82) is 0 Å². The predicted molar refractivity (Wildman–Crippen MR) is 80.7 cm³/mol. The van der Waals surface area contributed by atoms with Crippen molar-refractivity contribution in [3.63, 3.8) is 0 Å². The van der Waals surface area contributed by atoms with Crippen LogP contribution in [-0.2, 0) is 11.2 Å². The normalized spacial score (nSPS) is 18.0. The van der Waals surface area contributed by atoms with Gasteiger partial charge in [0.05, 0.1) is 6.10 Å². The van der Waals surface area contributed by atoms with Crippen LogP contribution >= 0.6 is 11.6 Å². The molecule has 1 aromatic rings. The van der Waals surface area contributed by atoms with Gasteiger partial charge < -0.3 is 10.1 Å². The van der Waals surface area contributed by atoms with Crippen molar-refractivity contribution in [3.8, 4) is 0 Å². The average Bonchev–Trinajstić information content (AvgIpc) is 3.24. The van der Waals surface area contributed by atoms with Crippen LogP contribution in [0.4, 0.5) is 4.39 Å². The van der Waals surface area contributed by atoms with Crippen molar-refractivity contribution in [1.82, 2.24) is 5.32 Å². The van der Waals surface area contributed by atoms with Crippen molar-refractivity contribution in [2.24, 2.45) is 5.92 Å². The van der Waals surface area contributed by atoms with E-state index in [2.05, 4.69) is 12.2 Å². The lowest BCUT2D eigenvalue weighted by Crippen LogP contribution is -2.44. The second-order valence-corrected chi connectivity index (χ2v) is 5.95. The monoisotopic (exact) mass is 299 g/mol. The largest absolute Gasteiger partial charge is 0.380 e. The third-order valence-electron chi connectivity index (χ3n) is 3.87. The molecular formula is C16H23ClFNO. The van der Waals surface area contributed by atoms with Gasteiger partial charge in [-0.05, 0) is 55.8 Å². The highest BCUT2D eigenvalue weighted by Gasteiger charge is 2.36. The summed E-state index contributed by atoms with van der Waals surface area (Å²) in [4.78, 5) is 0. The summed E-state index contributed by atoms with van der Waals surface area (Å²) in [5.41, 5.74) is 0.976. The molecule has 4 heteroatoms. The van der Waals surface area contributed by atoms with Crippen LogP contribution in [0, 0.1) is 11.7 Å². The molecule has 0 aromatic heterocycles. The van der Waals surface area contributed by atoms with Gasteiger partial charge in [-0.25, -0.2) is 4.39 Å². The maximum Gasteiger partial charge on any atom is 0.124 e. The Kier molecular flexibility index (Phi) is 5.82. The van der Waals surface area contributed by atoms with Crippen molar-refractivity contribution < 1.29 is 9.13 Å². The number of halogens is 2. The minimum atomic E-state index is -0.290. The van der Waals surface area contributed by atoms with Gasteiger partial charge in [-0.15, -0.1) is 0 Å². The van der Waals surface area contributed by atoms with E-state index in [1.165, 1.54) is 25.0 Å². The molecular weight excluding hydrogens is 277 g/mol. The molecule has 1 saturated carbocycles. The first-order valence-corrected chi connectivity index (χ1v) is 7.73. The minimum Gasteiger partial charge on any atom is -0.380 e. The third kappa shape index (κ3) is 4.18. The highest BCUT2D eigenvalue weighted by Crippen LogP contribution is 2.36. The number of benzene rings is 1. The quantitative estimate of drug-likeness (QED) is 0.788. The minimum absolute atomic E-state index is 0.211. The van der Waals surface area contributed by atoms with Crippen molar-refractivity contribution >= 4 is 11.6 Å². The molecule has 2 nitrogen and oxygen atoms in total.